The number of rotatable bonds is 8. The summed E-state index contributed by atoms with van der Waals surface area (Å²) < 4.78 is 16.1. The van der Waals surface area contributed by atoms with Crippen molar-refractivity contribution in [3.8, 4) is 0 Å². The molecule has 2 aliphatic heterocycles. The fourth-order valence-electron chi connectivity index (χ4n) is 5.06. The van der Waals surface area contributed by atoms with Gasteiger partial charge in [0.25, 0.3) is 0 Å². The molecule has 0 bridgehead atoms. The summed E-state index contributed by atoms with van der Waals surface area (Å²) in [4.78, 5) is 39.7. The Kier molecular flexibility index (Phi) is 8.20. The minimum absolute atomic E-state index is 0.128. The molecule has 33 heavy (non-hydrogen) atoms. The number of hydrogen-bond donors (Lipinski definition) is 1. The summed E-state index contributed by atoms with van der Waals surface area (Å²) in [5.74, 6) is -0.360. The summed E-state index contributed by atoms with van der Waals surface area (Å²) in [6.07, 6.45) is 6.52. The van der Waals surface area contributed by atoms with Crippen molar-refractivity contribution < 1.29 is 28.6 Å². The van der Waals surface area contributed by atoms with E-state index in [1.54, 1.807) is 0 Å². The molecule has 180 valence electrons. The van der Waals surface area contributed by atoms with Crippen LogP contribution in [-0.2, 0) is 25.4 Å². The Balaban J connectivity index is 1.40. The van der Waals surface area contributed by atoms with Crippen molar-refractivity contribution in [2.75, 3.05) is 19.8 Å². The number of hydrogen-bond acceptors (Lipinski definition) is 6. The molecule has 1 aromatic carbocycles. The lowest BCUT2D eigenvalue weighted by atomic mass is 9.91. The van der Waals surface area contributed by atoms with Crippen LogP contribution in [0.1, 0.15) is 56.9 Å². The van der Waals surface area contributed by atoms with Crippen LogP contribution >= 0.6 is 0 Å². The minimum Gasteiger partial charge on any atom is -0.447 e. The van der Waals surface area contributed by atoms with Crippen molar-refractivity contribution in [2.45, 2.75) is 70.1 Å². The Hall–Kier alpha value is -2.61. The Morgan fingerprint density at radius 3 is 2.58 bits per heavy atom. The van der Waals surface area contributed by atoms with Crippen LogP contribution in [0.4, 0.5) is 9.59 Å². The van der Waals surface area contributed by atoms with Gasteiger partial charge in [0.2, 0.25) is 12.2 Å². The first kappa shape index (κ1) is 23.5. The van der Waals surface area contributed by atoms with Crippen molar-refractivity contribution in [2.24, 2.45) is 11.8 Å². The molecule has 1 aliphatic carbocycles. The second-order valence-electron chi connectivity index (χ2n) is 9.29. The molecule has 1 saturated carbocycles. The number of carbonyl (C=O) groups excluding carboxylic acids is 3. The quantitative estimate of drug-likeness (QED) is 0.632. The van der Waals surface area contributed by atoms with Crippen molar-refractivity contribution in [1.82, 2.24) is 10.2 Å². The second kappa shape index (κ2) is 11.5. The fraction of sp³-hybridized carbons (Fsp3) is 0.640. The maximum absolute atomic E-state index is 13.6. The summed E-state index contributed by atoms with van der Waals surface area (Å²) in [5.41, 5.74) is 1.04. The molecule has 2 heterocycles. The SMILES string of the molecule is O=C(NCC(CC1CCCC1)C(=O)N1C(=O)OCC1Cc1ccccc1)OC1CCCCO1. The van der Waals surface area contributed by atoms with Crippen LogP contribution in [0.5, 0.6) is 0 Å². The first-order valence-corrected chi connectivity index (χ1v) is 12.2. The van der Waals surface area contributed by atoms with Gasteiger partial charge >= 0.3 is 12.2 Å². The standard InChI is InChI=1S/C25H34N2O6/c28-23(27-21(17-32-25(27)30)15-19-8-2-1-3-9-19)20(14-18-10-4-5-11-18)16-26-24(29)33-22-12-6-7-13-31-22/h1-3,8-9,18,20-22H,4-7,10-17H2,(H,26,29). The highest BCUT2D eigenvalue weighted by atomic mass is 16.7. The maximum atomic E-state index is 13.6. The van der Waals surface area contributed by atoms with E-state index >= 15 is 0 Å². The van der Waals surface area contributed by atoms with Gasteiger partial charge in [0.05, 0.1) is 18.6 Å². The van der Waals surface area contributed by atoms with E-state index in [1.807, 2.05) is 30.3 Å². The van der Waals surface area contributed by atoms with Gasteiger partial charge in [0.1, 0.15) is 6.61 Å². The molecule has 2 saturated heterocycles. The van der Waals surface area contributed by atoms with E-state index in [0.717, 1.165) is 44.1 Å². The normalized spacial score (nSPS) is 24.4. The third-order valence-electron chi connectivity index (χ3n) is 6.82. The van der Waals surface area contributed by atoms with Crippen molar-refractivity contribution in [1.29, 1.82) is 0 Å². The van der Waals surface area contributed by atoms with Crippen molar-refractivity contribution in [3.63, 3.8) is 0 Å². The maximum Gasteiger partial charge on any atom is 0.416 e. The molecular weight excluding hydrogens is 424 g/mol. The topological polar surface area (TPSA) is 94.2 Å². The van der Waals surface area contributed by atoms with E-state index in [-0.39, 0.29) is 25.1 Å². The molecule has 3 amide bonds. The number of nitrogens with one attached hydrogen (secondary N) is 1. The predicted molar refractivity (Wildman–Crippen MR) is 120 cm³/mol. The van der Waals surface area contributed by atoms with Crippen LogP contribution in [0.3, 0.4) is 0 Å². The third kappa shape index (κ3) is 6.47. The Morgan fingerprint density at radius 1 is 1.09 bits per heavy atom. The van der Waals surface area contributed by atoms with E-state index in [4.69, 9.17) is 14.2 Å². The lowest BCUT2D eigenvalue weighted by Gasteiger charge is -2.27. The molecule has 0 spiro atoms. The number of carbonyl (C=O) groups is 3. The van der Waals surface area contributed by atoms with Crippen LogP contribution in [-0.4, -0.2) is 55.1 Å². The van der Waals surface area contributed by atoms with Gasteiger partial charge in [-0.15, -0.1) is 0 Å². The zero-order valence-corrected chi connectivity index (χ0v) is 19.1. The molecule has 3 fully saturated rings. The van der Waals surface area contributed by atoms with Gasteiger partial charge in [0, 0.05) is 13.0 Å². The average Bonchev–Trinajstić information content (AvgIpc) is 3.47. The minimum atomic E-state index is -0.601. The summed E-state index contributed by atoms with van der Waals surface area (Å²) in [5, 5.41) is 2.75. The summed E-state index contributed by atoms with van der Waals surface area (Å²) >= 11 is 0. The first-order chi connectivity index (χ1) is 16.1. The number of ether oxygens (including phenoxy) is 3. The van der Waals surface area contributed by atoms with Crippen LogP contribution in [0, 0.1) is 11.8 Å². The molecule has 8 heteroatoms. The van der Waals surface area contributed by atoms with E-state index in [9.17, 15) is 14.4 Å². The Labute approximate surface area is 194 Å². The summed E-state index contributed by atoms with van der Waals surface area (Å²) in [7, 11) is 0. The molecule has 3 aliphatic rings. The molecule has 0 aromatic heterocycles. The number of benzene rings is 1. The lowest BCUT2D eigenvalue weighted by molar-refractivity contribution is -0.134. The number of alkyl carbamates (subject to hydrolysis) is 1. The molecule has 8 nitrogen and oxygen atoms in total. The van der Waals surface area contributed by atoms with Gasteiger partial charge in [-0.1, -0.05) is 56.0 Å². The lowest BCUT2D eigenvalue weighted by Crippen LogP contribution is -2.47. The molecule has 3 unspecified atom stereocenters. The van der Waals surface area contributed by atoms with Gasteiger partial charge in [-0.3, -0.25) is 4.79 Å². The third-order valence-corrected chi connectivity index (χ3v) is 6.82. The summed E-state index contributed by atoms with van der Waals surface area (Å²) in [6.45, 7) is 0.896. The number of amides is 3. The van der Waals surface area contributed by atoms with E-state index in [1.165, 1.54) is 4.90 Å². The average molecular weight is 459 g/mol. The molecule has 1 N–H and O–H groups in total. The largest absolute Gasteiger partial charge is 0.447 e. The zero-order chi connectivity index (χ0) is 23.0. The fourth-order valence-corrected chi connectivity index (χ4v) is 5.06. The Bertz CT molecular complexity index is 804. The highest BCUT2D eigenvalue weighted by molar-refractivity contribution is 5.95. The van der Waals surface area contributed by atoms with Crippen LogP contribution in [0.2, 0.25) is 0 Å². The van der Waals surface area contributed by atoms with Crippen LogP contribution in [0.25, 0.3) is 0 Å². The number of nitrogens with zero attached hydrogens (tertiary/aromatic N) is 1. The van der Waals surface area contributed by atoms with Gasteiger partial charge in [-0.25, -0.2) is 14.5 Å². The molecule has 4 rings (SSSR count). The van der Waals surface area contributed by atoms with E-state index in [2.05, 4.69) is 5.32 Å². The zero-order valence-electron chi connectivity index (χ0n) is 19.1. The smallest absolute Gasteiger partial charge is 0.416 e. The van der Waals surface area contributed by atoms with Crippen LogP contribution < -0.4 is 5.32 Å². The van der Waals surface area contributed by atoms with Gasteiger partial charge in [0.15, 0.2) is 0 Å². The van der Waals surface area contributed by atoms with Gasteiger partial charge < -0.3 is 19.5 Å². The predicted octanol–water partition coefficient (Wildman–Crippen LogP) is 4.03. The van der Waals surface area contributed by atoms with Gasteiger partial charge in [-0.05, 0) is 37.2 Å². The summed E-state index contributed by atoms with van der Waals surface area (Å²) in [6, 6.07) is 9.42. The second-order valence-corrected chi connectivity index (χ2v) is 9.29. The number of cyclic esters (lactones) is 1. The van der Waals surface area contributed by atoms with E-state index < -0.39 is 24.4 Å². The van der Waals surface area contributed by atoms with Crippen LogP contribution in [0.15, 0.2) is 30.3 Å². The monoisotopic (exact) mass is 458 g/mol. The molecular formula is C25H34N2O6. The highest BCUT2D eigenvalue weighted by Crippen LogP contribution is 2.32. The number of imide groups is 1. The highest BCUT2D eigenvalue weighted by Gasteiger charge is 2.41. The van der Waals surface area contributed by atoms with Crippen molar-refractivity contribution >= 4 is 18.1 Å². The molecule has 3 atom stereocenters. The first-order valence-electron chi connectivity index (χ1n) is 12.2. The van der Waals surface area contributed by atoms with Gasteiger partial charge in [-0.2, -0.15) is 0 Å². The van der Waals surface area contributed by atoms with Crippen molar-refractivity contribution in [3.05, 3.63) is 35.9 Å². The molecule has 1 aromatic rings. The van der Waals surface area contributed by atoms with E-state index in [0.29, 0.717) is 31.8 Å². The Morgan fingerprint density at radius 2 is 1.85 bits per heavy atom. The molecule has 0 radical (unpaired) electrons.